The molecule has 0 saturated heterocycles. The Morgan fingerprint density at radius 3 is 1.69 bits per heavy atom. The number of nitrogens with zero attached hydrogens (tertiary/aromatic N) is 6. The number of anilines is 2. The van der Waals surface area contributed by atoms with Crippen LogP contribution in [0.1, 0.15) is 75.3 Å². The molecule has 0 fully saturated rings. The van der Waals surface area contributed by atoms with Crippen molar-refractivity contribution in [2.45, 2.75) is 58.3 Å². The van der Waals surface area contributed by atoms with Gasteiger partial charge in [0.25, 0.3) is 11.8 Å². The van der Waals surface area contributed by atoms with Crippen molar-refractivity contribution in [3.63, 3.8) is 0 Å². The van der Waals surface area contributed by atoms with Crippen molar-refractivity contribution in [3.05, 3.63) is 119 Å². The van der Waals surface area contributed by atoms with E-state index in [1.807, 2.05) is 53.5 Å². The summed E-state index contributed by atoms with van der Waals surface area (Å²) in [6, 6.07) is 22.7. The molecule has 51 heavy (non-hydrogen) atoms. The van der Waals surface area contributed by atoms with Crippen molar-refractivity contribution in [3.8, 4) is 0 Å². The zero-order valence-electron chi connectivity index (χ0n) is 28.5. The third kappa shape index (κ3) is 11.2. The van der Waals surface area contributed by atoms with E-state index < -0.39 is 0 Å². The van der Waals surface area contributed by atoms with Crippen LogP contribution in [-0.4, -0.2) is 66.5 Å². The summed E-state index contributed by atoms with van der Waals surface area (Å²) in [5, 5.41) is 38.0. The lowest BCUT2D eigenvalue weighted by Gasteiger charge is -2.09. The number of hydroxylamine groups is 1. The van der Waals surface area contributed by atoms with Crippen LogP contribution in [0.15, 0.2) is 85.2 Å². The number of hydrogen-bond donors (Lipinski definition) is 6. The van der Waals surface area contributed by atoms with E-state index in [1.54, 1.807) is 41.5 Å². The highest BCUT2D eigenvalue weighted by molar-refractivity contribution is 5.94. The molecule has 0 radical (unpaired) electrons. The Labute approximate surface area is 295 Å². The minimum absolute atomic E-state index is 0.125. The molecule has 3 aromatic carbocycles. The molecule has 15 heteroatoms. The van der Waals surface area contributed by atoms with E-state index >= 15 is 0 Å². The van der Waals surface area contributed by atoms with Crippen molar-refractivity contribution in [2.75, 3.05) is 24.2 Å². The van der Waals surface area contributed by atoms with Crippen LogP contribution in [0.4, 0.5) is 11.4 Å². The van der Waals surface area contributed by atoms with Crippen LogP contribution >= 0.6 is 0 Å². The average molecular weight is 694 g/mol. The molecular weight excluding hydrogens is 650 g/mol. The van der Waals surface area contributed by atoms with Crippen molar-refractivity contribution in [1.29, 1.82) is 0 Å². The minimum atomic E-state index is -0.378. The predicted molar refractivity (Wildman–Crippen MR) is 191 cm³/mol. The smallest absolute Gasteiger partial charge is 0.251 e. The molecule has 0 aliphatic carbocycles. The van der Waals surface area contributed by atoms with Gasteiger partial charge in [-0.15, -0.1) is 10.2 Å². The van der Waals surface area contributed by atoms with E-state index in [1.165, 1.54) is 0 Å². The first-order chi connectivity index (χ1) is 24.9. The number of amides is 3. The summed E-state index contributed by atoms with van der Waals surface area (Å²) in [7, 11) is 1.61. The summed E-state index contributed by atoms with van der Waals surface area (Å²) in [5.41, 5.74) is 8.31. The molecule has 5 aromatic rings. The Morgan fingerprint density at radius 2 is 1.18 bits per heavy atom. The maximum atomic E-state index is 12.5. The average Bonchev–Trinajstić information content (AvgIpc) is 3.82. The summed E-state index contributed by atoms with van der Waals surface area (Å²) in [5.74, 6) is -0.634. The van der Waals surface area contributed by atoms with Crippen LogP contribution in [-0.2, 0) is 31.0 Å². The van der Waals surface area contributed by atoms with Gasteiger partial charge in [-0.1, -0.05) is 47.5 Å². The number of nitrogens with one attached hydrogen (secondary N) is 5. The second kappa shape index (κ2) is 18.6. The predicted octanol–water partition coefficient (Wildman–Crippen LogP) is 3.74. The Kier molecular flexibility index (Phi) is 13.2. The first-order valence-electron chi connectivity index (χ1n) is 16.9. The van der Waals surface area contributed by atoms with Gasteiger partial charge in [0.15, 0.2) is 0 Å². The fourth-order valence-electron chi connectivity index (χ4n) is 5.34. The van der Waals surface area contributed by atoms with E-state index in [4.69, 9.17) is 5.21 Å². The molecule has 2 aromatic heterocycles. The van der Waals surface area contributed by atoms with Crippen molar-refractivity contribution < 1.29 is 19.6 Å². The highest BCUT2D eigenvalue weighted by Crippen LogP contribution is 2.15. The molecule has 5 rings (SSSR count). The molecule has 0 aliphatic rings. The van der Waals surface area contributed by atoms with Gasteiger partial charge < -0.3 is 21.3 Å². The Hall–Kier alpha value is -6.09. The number of rotatable bonds is 19. The van der Waals surface area contributed by atoms with Gasteiger partial charge >= 0.3 is 0 Å². The van der Waals surface area contributed by atoms with E-state index in [-0.39, 0.29) is 17.7 Å². The zero-order valence-corrected chi connectivity index (χ0v) is 28.5. The summed E-state index contributed by atoms with van der Waals surface area (Å²) in [6.07, 6.45) is 7.39. The lowest BCUT2D eigenvalue weighted by Crippen LogP contribution is -2.24. The normalized spacial score (nSPS) is 10.8. The highest BCUT2D eigenvalue weighted by Gasteiger charge is 2.10. The second-order valence-corrected chi connectivity index (χ2v) is 12.0. The number of carbonyl (C=O) groups is 3. The van der Waals surface area contributed by atoms with Crippen molar-refractivity contribution in [2.24, 2.45) is 0 Å². The second-order valence-electron chi connectivity index (χ2n) is 12.0. The van der Waals surface area contributed by atoms with Gasteiger partial charge in [-0.3, -0.25) is 19.6 Å². The molecule has 0 saturated carbocycles. The van der Waals surface area contributed by atoms with Crippen LogP contribution in [0.2, 0.25) is 0 Å². The zero-order chi connectivity index (χ0) is 35.8. The van der Waals surface area contributed by atoms with E-state index in [0.29, 0.717) is 56.7 Å². The van der Waals surface area contributed by atoms with Crippen molar-refractivity contribution in [1.82, 2.24) is 46.1 Å². The quantitative estimate of drug-likeness (QED) is 0.0422. The van der Waals surface area contributed by atoms with Gasteiger partial charge in [-0.05, 0) is 72.5 Å². The fourth-order valence-corrected chi connectivity index (χ4v) is 5.34. The number of aromatic nitrogens is 6. The number of unbranched alkanes of at least 4 members (excludes halogenated alkanes) is 3. The molecule has 0 spiro atoms. The van der Waals surface area contributed by atoms with Gasteiger partial charge in [0.2, 0.25) is 5.91 Å². The number of benzene rings is 3. The topological polar surface area (TPSA) is 193 Å². The fraction of sp³-hybridized carbons (Fsp3) is 0.306. The lowest BCUT2D eigenvalue weighted by molar-refractivity contribution is -0.129. The van der Waals surface area contributed by atoms with Crippen LogP contribution in [0.25, 0.3) is 0 Å². The molecule has 2 heterocycles. The monoisotopic (exact) mass is 693 g/mol. The summed E-state index contributed by atoms with van der Waals surface area (Å²) in [4.78, 5) is 35.3. The van der Waals surface area contributed by atoms with Gasteiger partial charge in [0.1, 0.15) is 11.4 Å². The molecule has 6 N–H and O–H groups in total. The SMILES string of the molecule is CNC(=O)c1ccc(NCc2cn(Cc3ccccc3Cn3cc(CNc4ccc(C(=O)NCCCCCCC(=O)NO)cc4)nn3)nn2)cc1. The Balaban J connectivity index is 1.05. The minimum Gasteiger partial charge on any atom is -0.379 e. The van der Waals surface area contributed by atoms with Crippen LogP contribution in [0.5, 0.6) is 0 Å². The van der Waals surface area contributed by atoms with Gasteiger partial charge in [-0.2, -0.15) is 0 Å². The molecule has 15 nitrogen and oxygen atoms in total. The molecule has 3 amide bonds. The first kappa shape index (κ1) is 36.2. The Morgan fingerprint density at radius 1 is 0.667 bits per heavy atom. The number of hydrogen-bond acceptors (Lipinski definition) is 10. The van der Waals surface area contributed by atoms with E-state index in [9.17, 15) is 14.4 Å². The molecule has 266 valence electrons. The largest absolute Gasteiger partial charge is 0.379 e. The Bertz CT molecular complexity index is 1870. The maximum Gasteiger partial charge on any atom is 0.251 e. The van der Waals surface area contributed by atoms with Gasteiger partial charge in [0, 0.05) is 42.5 Å². The lowest BCUT2D eigenvalue weighted by atomic mass is 10.1. The molecule has 0 bridgehead atoms. The number of carbonyl (C=O) groups excluding carboxylic acids is 3. The van der Waals surface area contributed by atoms with Gasteiger partial charge in [0.05, 0.1) is 38.6 Å². The first-order valence-corrected chi connectivity index (χ1v) is 16.9. The summed E-state index contributed by atoms with van der Waals surface area (Å²) < 4.78 is 3.62. The maximum absolute atomic E-state index is 12.5. The highest BCUT2D eigenvalue weighted by atomic mass is 16.5. The van der Waals surface area contributed by atoms with Crippen LogP contribution in [0.3, 0.4) is 0 Å². The van der Waals surface area contributed by atoms with Gasteiger partial charge in [-0.25, -0.2) is 14.8 Å². The molecule has 0 atom stereocenters. The third-order valence-corrected chi connectivity index (χ3v) is 8.16. The molecular formula is C36H43N11O4. The van der Waals surface area contributed by atoms with Crippen LogP contribution < -0.4 is 26.7 Å². The van der Waals surface area contributed by atoms with Crippen molar-refractivity contribution >= 4 is 29.1 Å². The summed E-state index contributed by atoms with van der Waals surface area (Å²) >= 11 is 0. The standard InChI is InChI=1S/C36H43N11O4/c1-37-35(49)26-11-15-30(16-12-26)39-20-32-24-46(44-41-32)22-28-8-5-6-9-29(28)23-47-25-33(42-45-47)21-40-31-17-13-27(14-18-31)36(50)38-19-7-3-2-4-10-34(48)43-51/h5-6,8-9,11-18,24-25,39-40,51H,2-4,7,10,19-23H2,1H3,(H,37,49)(H,38,50)(H,43,48). The molecule has 0 aliphatic heterocycles. The van der Waals surface area contributed by atoms with E-state index in [2.05, 4.69) is 54.0 Å². The van der Waals surface area contributed by atoms with Crippen LogP contribution in [0, 0.1) is 0 Å². The summed E-state index contributed by atoms with van der Waals surface area (Å²) in [6.45, 7) is 2.62. The van der Waals surface area contributed by atoms with E-state index in [0.717, 1.165) is 53.2 Å². The molecule has 0 unspecified atom stereocenters. The third-order valence-electron chi connectivity index (χ3n) is 8.16.